The fourth-order valence-corrected chi connectivity index (χ4v) is 4.31. The van der Waals surface area contributed by atoms with Gasteiger partial charge >= 0.3 is 0 Å². The molecule has 5 nitrogen and oxygen atoms in total. The van der Waals surface area contributed by atoms with Gasteiger partial charge in [0.25, 0.3) is 0 Å². The van der Waals surface area contributed by atoms with Crippen molar-refractivity contribution in [2.75, 3.05) is 26.8 Å². The number of aliphatic hydroxyl groups is 1. The summed E-state index contributed by atoms with van der Waals surface area (Å²) in [5, 5.41) is 10.6. The second-order valence-electron chi connectivity index (χ2n) is 9.13. The molecule has 1 heterocycles. The molecule has 1 aliphatic carbocycles. The van der Waals surface area contributed by atoms with E-state index in [0.29, 0.717) is 25.4 Å². The Morgan fingerprint density at radius 2 is 2.07 bits per heavy atom. The average Bonchev–Trinajstić information content (AvgIpc) is 3.46. The van der Waals surface area contributed by atoms with Crippen LogP contribution in [0, 0.1) is 11.3 Å². The molecule has 5 heteroatoms. The molecule has 1 amide bonds. The highest BCUT2D eigenvalue weighted by Gasteiger charge is 2.48. The van der Waals surface area contributed by atoms with Crippen LogP contribution in [-0.2, 0) is 4.79 Å². The van der Waals surface area contributed by atoms with E-state index >= 15 is 0 Å². The van der Waals surface area contributed by atoms with Gasteiger partial charge in [0, 0.05) is 30.8 Å². The van der Waals surface area contributed by atoms with Gasteiger partial charge in [0.1, 0.15) is 0 Å². The number of methoxy groups -OCH3 is 1. The third kappa shape index (κ3) is 5.06. The number of hydrogen-bond donors (Lipinski definition) is 1. The van der Waals surface area contributed by atoms with E-state index in [1.807, 2.05) is 17.9 Å². The molecule has 1 aliphatic heterocycles. The van der Waals surface area contributed by atoms with Crippen molar-refractivity contribution in [3.05, 3.63) is 23.8 Å². The average molecular weight is 404 g/mol. The molecule has 1 saturated heterocycles. The molecule has 1 saturated carbocycles. The van der Waals surface area contributed by atoms with Crippen LogP contribution in [0.4, 0.5) is 0 Å². The Balaban J connectivity index is 1.80. The molecule has 3 rings (SSSR count). The molecular formula is C24H37NO4. The molecule has 1 N–H and O–H groups in total. The first-order valence-corrected chi connectivity index (χ1v) is 11.2. The van der Waals surface area contributed by atoms with Gasteiger partial charge < -0.3 is 19.5 Å². The largest absolute Gasteiger partial charge is 0.493 e. The predicted molar refractivity (Wildman–Crippen MR) is 114 cm³/mol. The molecule has 1 aromatic rings. The summed E-state index contributed by atoms with van der Waals surface area (Å²) in [5.41, 5.74) is 0.715. The van der Waals surface area contributed by atoms with Crippen LogP contribution in [0.25, 0.3) is 0 Å². The number of benzene rings is 1. The van der Waals surface area contributed by atoms with Crippen molar-refractivity contribution >= 4 is 5.91 Å². The van der Waals surface area contributed by atoms with Gasteiger partial charge in [0.2, 0.25) is 5.91 Å². The summed E-state index contributed by atoms with van der Waals surface area (Å²) in [7, 11) is 1.66. The van der Waals surface area contributed by atoms with Gasteiger partial charge in [-0.25, -0.2) is 0 Å². The van der Waals surface area contributed by atoms with Crippen molar-refractivity contribution in [3.8, 4) is 11.5 Å². The molecule has 0 aromatic heterocycles. The van der Waals surface area contributed by atoms with Crippen LogP contribution in [0.5, 0.6) is 11.5 Å². The number of amides is 1. The lowest BCUT2D eigenvalue weighted by atomic mass is 9.72. The van der Waals surface area contributed by atoms with Crippen LogP contribution in [0.1, 0.15) is 70.8 Å². The van der Waals surface area contributed by atoms with Gasteiger partial charge in [-0.15, -0.1) is 0 Å². The second-order valence-corrected chi connectivity index (χ2v) is 9.13. The summed E-state index contributed by atoms with van der Waals surface area (Å²) >= 11 is 0. The van der Waals surface area contributed by atoms with Crippen LogP contribution >= 0.6 is 0 Å². The number of rotatable bonds is 10. The van der Waals surface area contributed by atoms with E-state index in [0.717, 1.165) is 42.9 Å². The van der Waals surface area contributed by atoms with E-state index in [1.165, 1.54) is 12.8 Å². The van der Waals surface area contributed by atoms with E-state index in [4.69, 9.17) is 9.47 Å². The lowest BCUT2D eigenvalue weighted by Crippen LogP contribution is -2.38. The number of nitrogens with zero attached hydrogens (tertiary/aromatic N) is 1. The van der Waals surface area contributed by atoms with Gasteiger partial charge in [0.05, 0.1) is 19.8 Å². The van der Waals surface area contributed by atoms with Crippen molar-refractivity contribution in [1.29, 1.82) is 0 Å². The van der Waals surface area contributed by atoms with Crippen LogP contribution < -0.4 is 9.47 Å². The highest BCUT2D eigenvalue weighted by molar-refractivity contribution is 5.76. The predicted octanol–water partition coefficient (Wildman–Crippen LogP) is 4.38. The van der Waals surface area contributed by atoms with Crippen molar-refractivity contribution in [1.82, 2.24) is 4.90 Å². The van der Waals surface area contributed by atoms with E-state index in [1.54, 1.807) is 7.11 Å². The standard InChI is InChI=1S/C24H37NO4/c1-5-6-7-8-23(27)25-14-20(24(3,16-25)17(2)26)19-11-12-21(28-4)22(13-19)29-15-18-9-10-18/h11-13,17-18,20,26H,5-10,14-16H2,1-4H3/t17-,20+,24+/m1/s1. The topological polar surface area (TPSA) is 59.0 Å². The third-order valence-corrected chi connectivity index (χ3v) is 6.79. The highest BCUT2D eigenvalue weighted by Crippen LogP contribution is 2.47. The van der Waals surface area contributed by atoms with Crippen LogP contribution in [0.2, 0.25) is 0 Å². The molecule has 2 aliphatic rings. The molecule has 0 spiro atoms. The minimum Gasteiger partial charge on any atom is -0.493 e. The van der Waals surface area contributed by atoms with Gasteiger partial charge in [-0.05, 0) is 49.8 Å². The number of unbranched alkanes of at least 4 members (excludes halogenated alkanes) is 2. The Labute approximate surface area is 175 Å². The van der Waals surface area contributed by atoms with Gasteiger partial charge in [-0.2, -0.15) is 0 Å². The summed E-state index contributed by atoms with van der Waals surface area (Å²) in [4.78, 5) is 14.7. The SMILES string of the molecule is CCCCCC(=O)N1C[C@@H](c2ccc(OC)c(OCC3CC3)c2)[C@](C)([C@@H](C)O)C1. The number of carbonyl (C=O) groups is 1. The number of likely N-dealkylation sites (tertiary alicyclic amines) is 1. The zero-order chi connectivity index (χ0) is 21.0. The van der Waals surface area contributed by atoms with Gasteiger partial charge in [0.15, 0.2) is 11.5 Å². The molecule has 0 unspecified atom stereocenters. The Hall–Kier alpha value is -1.75. The van der Waals surface area contributed by atoms with Crippen LogP contribution in [-0.4, -0.2) is 48.8 Å². The lowest BCUT2D eigenvalue weighted by molar-refractivity contribution is -0.130. The molecule has 3 atom stereocenters. The smallest absolute Gasteiger partial charge is 0.222 e. The Kier molecular flexibility index (Phi) is 7.10. The van der Waals surface area contributed by atoms with Crippen LogP contribution in [0.15, 0.2) is 18.2 Å². The summed E-state index contributed by atoms with van der Waals surface area (Å²) < 4.78 is 11.5. The monoisotopic (exact) mass is 403 g/mol. The van der Waals surface area contributed by atoms with Crippen molar-refractivity contribution in [3.63, 3.8) is 0 Å². The molecule has 0 radical (unpaired) electrons. The van der Waals surface area contributed by atoms with E-state index < -0.39 is 6.10 Å². The quantitative estimate of drug-likeness (QED) is 0.589. The summed E-state index contributed by atoms with van der Waals surface area (Å²) in [6.07, 6.45) is 5.67. The molecular weight excluding hydrogens is 366 g/mol. The number of carbonyl (C=O) groups excluding carboxylic acids is 1. The van der Waals surface area contributed by atoms with E-state index in [2.05, 4.69) is 26.0 Å². The number of hydrogen-bond acceptors (Lipinski definition) is 4. The molecule has 2 fully saturated rings. The fraction of sp³-hybridized carbons (Fsp3) is 0.708. The first kappa shape index (κ1) is 21.9. The maximum absolute atomic E-state index is 12.8. The van der Waals surface area contributed by atoms with Gasteiger partial charge in [-0.1, -0.05) is 32.8 Å². The molecule has 162 valence electrons. The first-order chi connectivity index (χ1) is 13.9. The van der Waals surface area contributed by atoms with Crippen molar-refractivity contribution in [2.45, 2.75) is 71.3 Å². The number of ether oxygens (including phenoxy) is 2. The van der Waals surface area contributed by atoms with Crippen molar-refractivity contribution in [2.24, 2.45) is 11.3 Å². The van der Waals surface area contributed by atoms with Crippen LogP contribution in [0.3, 0.4) is 0 Å². The Morgan fingerprint density at radius 1 is 1.31 bits per heavy atom. The highest BCUT2D eigenvalue weighted by atomic mass is 16.5. The first-order valence-electron chi connectivity index (χ1n) is 11.2. The maximum atomic E-state index is 12.8. The Bertz CT molecular complexity index is 700. The normalized spacial score (nSPS) is 25.1. The maximum Gasteiger partial charge on any atom is 0.222 e. The number of aliphatic hydroxyl groups excluding tert-OH is 1. The fourth-order valence-electron chi connectivity index (χ4n) is 4.31. The summed E-state index contributed by atoms with van der Waals surface area (Å²) in [5.74, 6) is 2.42. The third-order valence-electron chi connectivity index (χ3n) is 6.79. The zero-order valence-electron chi connectivity index (χ0n) is 18.4. The second kappa shape index (κ2) is 9.38. The minimum atomic E-state index is -0.515. The minimum absolute atomic E-state index is 0.0619. The van der Waals surface area contributed by atoms with E-state index in [-0.39, 0.29) is 17.2 Å². The molecule has 0 bridgehead atoms. The molecule has 29 heavy (non-hydrogen) atoms. The van der Waals surface area contributed by atoms with E-state index in [9.17, 15) is 9.90 Å². The summed E-state index contributed by atoms with van der Waals surface area (Å²) in [6, 6.07) is 6.06. The van der Waals surface area contributed by atoms with Crippen molar-refractivity contribution < 1.29 is 19.4 Å². The lowest BCUT2D eigenvalue weighted by Gasteiger charge is -2.33. The van der Waals surface area contributed by atoms with Gasteiger partial charge in [-0.3, -0.25) is 4.79 Å². The zero-order valence-corrected chi connectivity index (χ0v) is 18.4. The Morgan fingerprint density at radius 3 is 2.69 bits per heavy atom. The molecule has 1 aromatic carbocycles. The summed E-state index contributed by atoms with van der Waals surface area (Å²) in [6.45, 7) is 8.03.